The number of aromatic nitrogens is 4. The van der Waals surface area contributed by atoms with Crippen LogP contribution in [-0.2, 0) is 0 Å². The topological polar surface area (TPSA) is 81.9 Å². The Morgan fingerprint density at radius 3 is 2.32 bits per heavy atom. The first-order chi connectivity index (χ1) is 14.9. The number of nitrogens with zero attached hydrogens (tertiary/aromatic N) is 4. The fraction of sp³-hybridized carbons (Fsp3) is 0.130. The maximum absolute atomic E-state index is 12.3. The highest BCUT2D eigenvalue weighted by molar-refractivity contribution is 6.30. The lowest BCUT2D eigenvalue weighted by atomic mass is 10.2. The maximum Gasteiger partial charge on any atom is 0.255 e. The molecule has 0 unspecified atom stereocenters. The molecule has 0 bridgehead atoms. The van der Waals surface area contributed by atoms with Crippen LogP contribution in [0.3, 0.4) is 0 Å². The first-order valence-corrected chi connectivity index (χ1v) is 9.99. The van der Waals surface area contributed by atoms with Crippen LogP contribution in [0.4, 0.5) is 5.69 Å². The van der Waals surface area contributed by atoms with Gasteiger partial charge in [-0.15, -0.1) is 0 Å². The molecule has 0 saturated carbocycles. The number of hydrogen-bond acceptors (Lipinski definition) is 5. The van der Waals surface area contributed by atoms with Gasteiger partial charge in [0.1, 0.15) is 11.6 Å². The Morgan fingerprint density at radius 1 is 0.968 bits per heavy atom. The van der Waals surface area contributed by atoms with E-state index in [9.17, 15) is 4.79 Å². The van der Waals surface area contributed by atoms with E-state index < -0.39 is 0 Å². The molecule has 0 aliphatic carbocycles. The number of ether oxygens (including phenoxy) is 1. The Labute approximate surface area is 184 Å². The lowest BCUT2D eigenvalue weighted by Crippen LogP contribution is -2.11. The summed E-state index contributed by atoms with van der Waals surface area (Å²) in [6.07, 6.45) is 0. The summed E-state index contributed by atoms with van der Waals surface area (Å²) in [5.41, 5.74) is 3.06. The minimum atomic E-state index is -0.216. The van der Waals surface area contributed by atoms with E-state index in [1.165, 1.54) is 0 Å². The smallest absolute Gasteiger partial charge is 0.255 e. The zero-order chi connectivity index (χ0) is 22.0. The molecule has 0 saturated heterocycles. The predicted molar refractivity (Wildman–Crippen MR) is 119 cm³/mol. The Kier molecular flexibility index (Phi) is 5.68. The molecule has 0 atom stereocenters. The van der Waals surface area contributed by atoms with Crippen molar-refractivity contribution in [3.8, 4) is 17.4 Å². The lowest BCUT2D eigenvalue weighted by molar-refractivity contribution is 0.102. The lowest BCUT2D eigenvalue weighted by Gasteiger charge is -2.10. The average Bonchev–Trinajstić information content (AvgIpc) is 3.07. The molecule has 0 fully saturated rings. The number of benzene rings is 2. The predicted octanol–water partition coefficient (Wildman–Crippen LogP) is 5.29. The van der Waals surface area contributed by atoms with Crippen molar-refractivity contribution in [2.24, 2.45) is 0 Å². The van der Waals surface area contributed by atoms with Crippen LogP contribution >= 0.6 is 11.6 Å². The molecule has 4 aromatic rings. The largest absolute Gasteiger partial charge is 0.439 e. The number of halogens is 1. The third-order valence-corrected chi connectivity index (χ3v) is 4.72. The fourth-order valence-corrected chi connectivity index (χ4v) is 3.20. The van der Waals surface area contributed by atoms with E-state index in [0.717, 1.165) is 11.4 Å². The molecule has 1 amide bonds. The Hall–Kier alpha value is -3.71. The van der Waals surface area contributed by atoms with Gasteiger partial charge in [0.15, 0.2) is 5.82 Å². The third kappa shape index (κ3) is 4.90. The summed E-state index contributed by atoms with van der Waals surface area (Å²) in [5, 5.41) is 7.89. The summed E-state index contributed by atoms with van der Waals surface area (Å²) in [4.78, 5) is 21.1. The van der Waals surface area contributed by atoms with Crippen LogP contribution in [0, 0.1) is 20.8 Å². The van der Waals surface area contributed by atoms with Crippen LogP contribution in [0.2, 0.25) is 5.02 Å². The number of amides is 1. The van der Waals surface area contributed by atoms with Crippen molar-refractivity contribution in [3.63, 3.8) is 0 Å². The van der Waals surface area contributed by atoms with Gasteiger partial charge in [-0.3, -0.25) is 4.79 Å². The average molecular weight is 434 g/mol. The van der Waals surface area contributed by atoms with E-state index in [4.69, 9.17) is 16.3 Å². The van der Waals surface area contributed by atoms with Crippen LogP contribution in [-0.4, -0.2) is 25.7 Å². The number of anilines is 1. The first-order valence-electron chi connectivity index (χ1n) is 9.61. The standard InChI is InChI=1S/C23H20ClN5O2/c1-14-12-15(2)29(28-14)21-13-22(26-16(3)25-21)31-20-10-8-19(9-11-20)27-23(30)17-4-6-18(24)7-5-17/h4-13H,1-3H3,(H,27,30). The summed E-state index contributed by atoms with van der Waals surface area (Å²) in [5.74, 6) is 1.99. The highest BCUT2D eigenvalue weighted by Gasteiger charge is 2.10. The van der Waals surface area contributed by atoms with E-state index in [2.05, 4.69) is 20.4 Å². The number of carbonyl (C=O) groups excluding carboxylic acids is 1. The second-order valence-electron chi connectivity index (χ2n) is 7.04. The van der Waals surface area contributed by atoms with Gasteiger partial charge in [0.2, 0.25) is 5.88 Å². The van der Waals surface area contributed by atoms with Crippen LogP contribution < -0.4 is 10.1 Å². The van der Waals surface area contributed by atoms with Crippen molar-refractivity contribution in [3.05, 3.63) is 88.5 Å². The van der Waals surface area contributed by atoms with E-state index in [1.807, 2.05) is 19.9 Å². The molecular weight excluding hydrogens is 414 g/mol. The van der Waals surface area contributed by atoms with E-state index >= 15 is 0 Å². The summed E-state index contributed by atoms with van der Waals surface area (Å²) in [7, 11) is 0. The van der Waals surface area contributed by atoms with E-state index in [0.29, 0.717) is 39.5 Å². The molecule has 7 nitrogen and oxygen atoms in total. The van der Waals surface area contributed by atoms with Gasteiger partial charge in [-0.2, -0.15) is 10.1 Å². The van der Waals surface area contributed by atoms with Gasteiger partial charge in [0.05, 0.1) is 5.69 Å². The Bertz CT molecular complexity index is 1230. The second kappa shape index (κ2) is 8.57. The minimum absolute atomic E-state index is 0.216. The first kappa shape index (κ1) is 20.6. The van der Waals surface area contributed by atoms with Crippen molar-refractivity contribution >= 4 is 23.2 Å². The zero-order valence-electron chi connectivity index (χ0n) is 17.3. The minimum Gasteiger partial charge on any atom is -0.439 e. The second-order valence-corrected chi connectivity index (χ2v) is 7.47. The molecule has 31 heavy (non-hydrogen) atoms. The van der Waals surface area contributed by atoms with Gasteiger partial charge >= 0.3 is 0 Å². The van der Waals surface area contributed by atoms with Gasteiger partial charge in [-0.05, 0) is 75.4 Å². The SMILES string of the molecule is Cc1cc(C)n(-c2cc(Oc3ccc(NC(=O)c4ccc(Cl)cc4)cc3)nc(C)n2)n1. The fourth-order valence-electron chi connectivity index (χ4n) is 3.08. The summed E-state index contributed by atoms with van der Waals surface area (Å²) in [6, 6.07) is 17.5. The molecule has 2 aromatic carbocycles. The molecule has 156 valence electrons. The Balaban J connectivity index is 1.48. The zero-order valence-corrected chi connectivity index (χ0v) is 18.0. The summed E-state index contributed by atoms with van der Waals surface area (Å²) >= 11 is 5.86. The highest BCUT2D eigenvalue weighted by atomic mass is 35.5. The maximum atomic E-state index is 12.3. The third-order valence-electron chi connectivity index (χ3n) is 4.47. The van der Waals surface area contributed by atoms with E-state index in [1.54, 1.807) is 66.2 Å². The van der Waals surface area contributed by atoms with Crippen molar-refractivity contribution in [2.45, 2.75) is 20.8 Å². The van der Waals surface area contributed by atoms with Gasteiger partial charge in [-0.1, -0.05) is 11.6 Å². The number of hydrogen-bond donors (Lipinski definition) is 1. The van der Waals surface area contributed by atoms with Crippen LogP contribution in [0.1, 0.15) is 27.6 Å². The van der Waals surface area contributed by atoms with E-state index in [-0.39, 0.29) is 5.91 Å². The number of nitrogens with one attached hydrogen (secondary N) is 1. The molecule has 0 spiro atoms. The summed E-state index contributed by atoms with van der Waals surface area (Å²) in [6.45, 7) is 5.70. The molecule has 8 heteroatoms. The molecule has 0 aliphatic heterocycles. The van der Waals surface area contributed by atoms with Gasteiger partial charge in [-0.25, -0.2) is 9.67 Å². The molecule has 0 aliphatic rings. The van der Waals surface area contributed by atoms with Crippen molar-refractivity contribution in [1.29, 1.82) is 0 Å². The molecule has 1 N–H and O–H groups in total. The van der Waals surface area contributed by atoms with Crippen LogP contribution in [0.15, 0.2) is 60.7 Å². The Morgan fingerprint density at radius 2 is 1.68 bits per heavy atom. The van der Waals surface area contributed by atoms with Crippen LogP contribution in [0.5, 0.6) is 11.6 Å². The van der Waals surface area contributed by atoms with Gasteiger partial charge in [0.25, 0.3) is 5.91 Å². The quantitative estimate of drug-likeness (QED) is 0.462. The normalized spacial score (nSPS) is 10.7. The number of aryl methyl sites for hydroxylation is 3. The molecule has 2 aromatic heterocycles. The highest BCUT2D eigenvalue weighted by Crippen LogP contribution is 2.24. The van der Waals surface area contributed by atoms with Crippen molar-refractivity contribution < 1.29 is 9.53 Å². The van der Waals surface area contributed by atoms with Crippen LogP contribution in [0.25, 0.3) is 5.82 Å². The van der Waals surface area contributed by atoms with Crippen molar-refractivity contribution in [1.82, 2.24) is 19.7 Å². The number of rotatable bonds is 5. The number of carbonyl (C=O) groups is 1. The summed E-state index contributed by atoms with van der Waals surface area (Å²) < 4.78 is 7.66. The molecular formula is C23H20ClN5O2. The molecule has 4 rings (SSSR count). The molecule has 0 radical (unpaired) electrons. The van der Waals surface area contributed by atoms with Gasteiger partial charge in [0, 0.05) is 28.0 Å². The van der Waals surface area contributed by atoms with Gasteiger partial charge < -0.3 is 10.1 Å². The monoisotopic (exact) mass is 433 g/mol. The van der Waals surface area contributed by atoms with Crippen molar-refractivity contribution in [2.75, 3.05) is 5.32 Å². The molecule has 2 heterocycles.